The van der Waals surface area contributed by atoms with Gasteiger partial charge in [0.15, 0.2) is 0 Å². The monoisotopic (exact) mass is 348 g/mol. The average Bonchev–Trinajstić information content (AvgIpc) is 2.74. The molecule has 1 amide bonds. The van der Waals surface area contributed by atoms with Crippen LogP contribution in [-0.2, 0) is 11.0 Å². The molecule has 0 spiro atoms. The number of carbonyl (C=O) groups excluding carboxylic acids is 1. The first-order valence-corrected chi connectivity index (χ1v) is 8.14. The van der Waals surface area contributed by atoms with Gasteiger partial charge >= 0.3 is 6.18 Å². The fraction of sp³-hybridized carbons (Fsp3) is 0.562. The Morgan fingerprint density at radius 2 is 1.83 bits per heavy atom. The molecule has 7 heteroatoms. The van der Waals surface area contributed by atoms with E-state index in [1.165, 1.54) is 25.0 Å². The van der Waals surface area contributed by atoms with Crippen LogP contribution in [-0.4, -0.2) is 18.5 Å². The molecule has 1 aliphatic carbocycles. The van der Waals surface area contributed by atoms with Crippen LogP contribution >= 0.6 is 11.6 Å². The molecule has 1 saturated carbocycles. The zero-order chi connectivity index (χ0) is 16.9. The van der Waals surface area contributed by atoms with Crippen LogP contribution in [0.2, 0.25) is 5.02 Å². The van der Waals surface area contributed by atoms with Crippen molar-refractivity contribution in [2.24, 2.45) is 0 Å². The zero-order valence-corrected chi connectivity index (χ0v) is 13.4. The molecule has 0 unspecified atom stereocenters. The van der Waals surface area contributed by atoms with Crippen LogP contribution in [0.25, 0.3) is 0 Å². The molecule has 0 aliphatic heterocycles. The maximum atomic E-state index is 12.8. The van der Waals surface area contributed by atoms with E-state index < -0.39 is 11.7 Å². The normalized spacial score (nSPS) is 16.7. The van der Waals surface area contributed by atoms with Gasteiger partial charge in [-0.3, -0.25) is 4.79 Å². The molecule has 0 aromatic heterocycles. The van der Waals surface area contributed by atoms with Gasteiger partial charge in [0.2, 0.25) is 5.91 Å². The second kappa shape index (κ2) is 7.90. The Bertz CT molecular complexity index is 541. The lowest BCUT2D eigenvalue weighted by atomic mass is 10.1. The third-order valence-electron chi connectivity index (χ3n) is 3.95. The Labute approximate surface area is 138 Å². The van der Waals surface area contributed by atoms with Crippen molar-refractivity contribution in [2.45, 2.75) is 50.7 Å². The first-order chi connectivity index (χ1) is 10.9. The fourth-order valence-corrected chi connectivity index (χ4v) is 2.96. The number of halogens is 4. The first-order valence-electron chi connectivity index (χ1n) is 7.76. The summed E-state index contributed by atoms with van der Waals surface area (Å²) in [4.78, 5) is 11.9. The number of nitrogens with one attached hydrogen (secondary N) is 2. The Kier molecular flexibility index (Phi) is 6.16. The zero-order valence-electron chi connectivity index (χ0n) is 12.7. The quantitative estimate of drug-likeness (QED) is 0.780. The van der Waals surface area contributed by atoms with E-state index in [-0.39, 0.29) is 29.2 Å². The molecule has 0 radical (unpaired) electrons. The minimum atomic E-state index is -4.52. The number of hydrogen-bond donors (Lipinski definition) is 2. The molecule has 1 aromatic rings. The molecule has 2 N–H and O–H groups in total. The van der Waals surface area contributed by atoms with Crippen molar-refractivity contribution < 1.29 is 18.0 Å². The Morgan fingerprint density at radius 1 is 1.17 bits per heavy atom. The highest BCUT2D eigenvalue weighted by Gasteiger charge is 2.33. The van der Waals surface area contributed by atoms with E-state index in [9.17, 15) is 18.0 Å². The third-order valence-corrected chi connectivity index (χ3v) is 4.27. The molecule has 1 aliphatic rings. The van der Waals surface area contributed by atoms with E-state index in [2.05, 4.69) is 10.6 Å². The van der Waals surface area contributed by atoms with Crippen LogP contribution < -0.4 is 10.6 Å². The van der Waals surface area contributed by atoms with Gasteiger partial charge in [0.25, 0.3) is 0 Å². The number of rotatable bonds is 4. The lowest BCUT2D eigenvalue weighted by molar-refractivity contribution is -0.137. The molecule has 23 heavy (non-hydrogen) atoms. The summed E-state index contributed by atoms with van der Waals surface area (Å²) in [5.41, 5.74) is -0.689. The van der Waals surface area contributed by atoms with Crippen molar-refractivity contribution in [3.05, 3.63) is 28.8 Å². The van der Waals surface area contributed by atoms with Gasteiger partial charge in [0.1, 0.15) is 0 Å². The summed E-state index contributed by atoms with van der Waals surface area (Å²) in [6.45, 7) is -0.0601. The summed E-state index contributed by atoms with van der Waals surface area (Å²) >= 11 is 5.56. The van der Waals surface area contributed by atoms with Crippen LogP contribution in [0, 0.1) is 0 Å². The second-order valence-electron chi connectivity index (χ2n) is 5.80. The number of benzene rings is 1. The van der Waals surface area contributed by atoms with Gasteiger partial charge in [-0.1, -0.05) is 37.3 Å². The molecule has 3 nitrogen and oxygen atoms in total. The van der Waals surface area contributed by atoms with Gasteiger partial charge in [0.05, 0.1) is 17.1 Å². The minimum Gasteiger partial charge on any atom is -0.376 e. The van der Waals surface area contributed by atoms with Gasteiger partial charge in [-0.25, -0.2) is 0 Å². The molecule has 1 aromatic carbocycles. The lowest BCUT2D eigenvalue weighted by Gasteiger charge is -2.17. The molecular formula is C16H20ClF3N2O. The second-order valence-corrected chi connectivity index (χ2v) is 6.21. The van der Waals surface area contributed by atoms with Crippen molar-refractivity contribution in [3.8, 4) is 0 Å². The van der Waals surface area contributed by atoms with Crippen molar-refractivity contribution >= 4 is 23.2 Å². The number of hydrogen-bond acceptors (Lipinski definition) is 2. The lowest BCUT2D eigenvalue weighted by Crippen LogP contribution is -2.38. The maximum Gasteiger partial charge on any atom is 0.417 e. The summed E-state index contributed by atoms with van der Waals surface area (Å²) in [5, 5.41) is 5.30. The van der Waals surface area contributed by atoms with Crippen molar-refractivity contribution in [3.63, 3.8) is 0 Å². The highest BCUT2D eigenvalue weighted by Crippen LogP contribution is 2.36. The molecule has 1 fully saturated rings. The highest BCUT2D eigenvalue weighted by molar-refractivity contribution is 6.31. The van der Waals surface area contributed by atoms with Crippen LogP contribution in [0.15, 0.2) is 18.2 Å². The van der Waals surface area contributed by atoms with E-state index in [1.807, 2.05) is 0 Å². The predicted molar refractivity (Wildman–Crippen MR) is 84.6 cm³/mol. The Balaban J connectivity index is 1.89. The van der Waals surface area contributed by atoms with Crippen molar-refractivity contribution in [2.75, 3.05) is 11.9 Å². The van der Waals surface area contributed by atoms with E-state index in [1.54, 1.807) is 0 Å². The summed E-state index contributed by atoms with van der Waals surface area (Å²) in [7, 11) is 0. The highest BCUT2D eigenvalue weighted by atomic mass is 35.5. The molecule has 0 bridgehead atoms. The molecular weight excluding hydrogens is 329 g/mol. The summed E-state index contributed by atoms with van der Waals surface area (Å²) in [6.07, 6.45) is 1.99. The number of alkyl halides is 3. The Morgan fingerprint density at radius 3 is 2.43 bits per heavy atom. The van der Waals surface area contributed by atoms with Gasteiger partial charge in [-0.15, -0.1) is 0 Å². The Hall–Kier alpha value is -1.43. The topological polar surface area (TPSA) is 41.1 Å². The van der Waals surface area contributed by atoms with Gasteiger partial charge < -0.3 is 10.6 Å². The third kappa shape index (κ3) is 5.61. The molecule has 0 atom stereocenters. The van der Waals surface area contributed by atoms with Crippen LogP contribution in [0.5, 0.6) is 0 Å². The predicted octanol–water partition coefficient (Wildman–Crippen LogP) is 4.61. The number of anilines is 1. The molecule has 0 saturated heterocycles. The van der Waals surface area contributed by atoms with Crippen LogP contribution in [0.4, 0.5) is 18.9 Å². The smallest absolute Gasteiger partial charge is 0.376 e. The molecule has 2 rings (SSSR count). The summed E-state index contributed by atoms with van der Waals surface area (Å²) in [5.74, 6) is -0.208. The van der Waals surface area contributed by atoms with Gasteiger partial charge in [0, 0.05) is 11.7 Å². The van der Waals surface area contributed by atoms with Gasteiger partial charge in [-0.2, -0.15) is 13.2 Å². The minimum absolute atomic E-state index is 0.0601. The summed E-state index contributed by atoms with van der Waals surface area (Å²) in [6, 6.07) is 3.69. The average molecular weight is 349 g/mol. The van der Waals surface area contributed by atoms with Gasteiger partial charge in [-0.05, 0) is 31.0 Å². The van der Waals surface area contributed by atoms with E-state index in [0.29, 0.717) is 0 Å². The largest absolute Gasteiger partial charge is 0.417 e. The summed E-state index contributed by atoms with van der Waals surface area (Å²) < 4.78 is 38.4. The fourth-order valence-electron chi connectivity index (χ4n) is 2.74. The van der Waals surface area contributed by atoms with Crippen LogP contribution in [0.3, 0.4) is 0 Å². The van der Waals surface area contributed by atoms with Crippen molar-refractivity contribution in [1.29, 1.82) is 0 Å². The van der Waals surface area contributed by atoms with E-state index in [4.69, 9.17) is 11.6 Å². The standard InChI is InChI=1S/C16H20ClF3N2O/c17-14-8-7-12(9-13(14)16(18,19)20)21-10-15(23)22-11-5-3-1-2-4-6-11/h7-9,11,21H,1-6,10H2,(H,22,23). The van der Waals surface area contributed by atoms with Crippen molar-refractivity contribution in [1.82, 2.24) is 5.32 Å². The number of carbonyl (C=O) groups is 1. The molecule has 128 valence electrons. The van der Waals surface area contributed by atoms with E-state index >= 15 is 0 Å². The van der Waals surface area contributed by atoms with E-state index in [0.717, 1.165) is 31.7 Å². The SMILES string of the molecule is O=C(CNc1ccc(Cl)c(C(F)(F)F)c1)NC1CCCCCC1. The van der Waals surface area contributed by atoms with Crippen LogP contribution in [0.1, 0.15) is 44.1 Å². The number of amides is 1. The first kappa shape index (κ1) is 17.9. The molecule has 0 heterocycles. The maximum absolute atomic E-state index is 12.8.